The van der Waals surface area contributed by atoms with Crippen molar-refractivity contribution in [2.75, 3.05) is 16.0 Å². The molecule has 0 saturated carbocycles. The maximum absolute atomic E-state index is 12.6. The molecule has 0 aromatic heterocycles. The largest absolute Gasteiger partial charge is 0.322 e. The Morgan fingerprint density at radius 1 is 1.07 bits per heavy atom. The fourth-order valence-electron chi connectivity index (χ4n) is 3.30. The first-order valence-corrected chi connectivity index (χ1v) is 11.0. The molecule has 1 saturated heterocycles. The Bertz CT molecular complexity index is 1070. The number of carbonyl (C=O) groups is 2. The fourth-order valence-corrected chi connectivity index (χ4v) is 4.73. The van der Waals surface area contributed by atoms with Crippen LogP contribution in [0.25, 0.3) is 0 Å². The third kappa shape index (κ3) is 4.38. The lowest BCUT2D eigenvalue weighted by atomic mass is 10.1. The molecule has 0 unspecified atom stereocenters. The minimum absolute atomic E-state index is 0.0925. The smallest absolute Gasteiger partial charge is 0.255 e. The van der Waals surface area contributed by atoms with E-state index in [1.54, 1.807) is 23.9 Å². The highest BCUT2D eigenvalue weighted by molar-refractivity contribution is 9.10. The van der Waals surface area contributed by atoms with E-state index in [1.165, 1.54) is 0 Å². The second-order valence-corrected chi connectivity index (χ2v) is 8.84. The third-order valence-electron chi connectivity index (χ3n) is 4.68. The van der Waals surface area contributed by atoms with Gasteiger partial charge in [0.05, 0.1) is 5.75 Å². The van der Waals surface area contributed by atoms with Gasteiger partial charge in [-0.1, -0.05) is 40.2 Å². The van der Waals surface area contributed by atoms with Crippen LogP contribution in [-0.4, -0.2) is 17.6 Å². The first kappa shape index (κ1) is 19.7. The van der Waals surface area contributed by atoms with E-state index < -0.39 is 0 Å². The molecular formula is C23H19BrN2O2S. The van der Waals surface area contributed by atoms with Crippen LogP contribution in [0.4, 0.5) is 11.4 Å². The van der Waals surface area contributed by atoms with Crippen LogP contribution in [0.3, 0.4) is 0 Å². The molecular weight excluding hydrogens is 448 g/mol. The van der Waals surface area contributed by atoms with Gasteiger partial charge in [0.1, 0.15) is 5.37 Å². The topological polar surface area (TPSA) is 49.4 Å². The molecule has 0 aliphatic carbocycles. The number of hydrogen-bond donors (Lipinski definition) is 1. The quantitative estimate of drug-likeness (QED) is 0.529. The molecule has 0 bridgehead atoms. The molecule has 0 radical (unpaired) electrons. The van der Waals surface area contributed by atoms with Gasteiger partial charge in [-0.25, -0.2) is 0 Å². The summed E-state index contributed by atoms with van der Waals surface area (Å²) < 4.78 is 0.926. The van der Waals surface area contributed by atoms with E-state index in [0.717, 1.165) is 21.3 Å². The number of hydrogen-bond acceptors (Lipinski definition) is 3. The number of nitrogens with zero attached hydrogens (tertiary/aromatic N) is 1. The van der Waals surface area contributed by atoms with Crippen LogP contribution in [0.1, 0.15) is 26.9 Å². The van der Waals surface area contributed by atoms with E-state index >= 15 is 0 Å². The Morgan fingerprint density at radius 2 is 1.83 bits per heavy atom. The SMILES string of the molecule is Cc1cccc(N2C(=O)CS[C@@H]2c2cccc(NC(=O)c3ccc(Br)cc3)c2)c1. The number of halogens is 1. The van der Waals surface area contributed by atoms with Crippen LogP contribution in [0.5, 0.6) is 0 Å². The van der Waals surface area contributed by atoms with Gasteiger partial charge in [0.25, 0.3) is 5.91 Å². The summed E-state index contributed by atoms with van der Waals surface area (Å²) >= 11 is 4.97. The van der Waals surface area contributed by atoms with Crippen LogP contribution in [0.2, 0.25) is 0 Å². The Hall–Kier alpha value is -2.57. The second-order valence-electron chi connectivity index (χ2n) is 6.85. The van der Waals surface area contributed by atoms with Crippen molar-refractivity contribution in [3.8, 4) is 0 Å². The van der Waals surface area contributed by atoms with Crippen LogP contribution < -0.4 is 10.2 Å². The van der Waals surface area contributed by atoms with E-state index in [0.29, 0.717) is 17.0 Å². The molecule has 3 aromatic rings. The van der Waals surface area contributed by atoms with Crippen molar-refractivity contribution in [2.45, 2.75) is 12.3 Å². The van der Waals surface area contributed by atoms with Gasteiger partial charge in [0.15, 0.2) is 0 Å². The molecule has 4 nitrogen and oxygen atoms in total. The predicted octanol–water partition coefficient (Wildman–Crippen LogP) is 5.79. The number of aryl methyl sites for hydroxylation is 1. The molecule has 1 atom stereocenters. The lowest BCUT2D eigenvalue weighted by Gasteiger charge is -2.25. The van der Waals surface area contributed by atoms with Gasteiger partial charge in [-0.15, -0.1) is 11.8 Å². The molecule has 0 spiro atoms. The number of thioether (sulfide) groups is 1. The van der Waals surface area contributed by atoms with Gasteiger partial charge in [-0.2, -0.15) is 0 Å². The summed E-state index contributed by atoms with van der Waals surface area (Å²) in [7, 11) is 0. The minimum atomic E-state index is -0.166. The number of rotatable bonds is 4. The lowest BCUT2D eigenvalue weighted by molar-refractivity contribution is -0.115. The number of nitrogens with one attached hydrogen (secondary N) is 1. The first-order chi connectivity index (χ1) is 14.0. The molecule has 6 heteroatoms. The van der Waals surface area contributed by atoms with E-state index in [1.807, 2.05) is 72.5 Å². The summed E-state index contributed by atoms with van der Waals surface area (Å²) in [5.41, 5.74) is 4.29. The van der Waals surface area contributed by atoms with Crippen molar-refractivity contribution in [3.63, 3.8) is 0 Å². The zero-order valence-corrected chi connectivity index (χ0v) is 18.2. The monoisotopic (exact) mass is 466 g/mol. The maximum Gasteiger partial charge on any atom is 0.255 e. The number of benzene rings is 3. The standard InChI is InChI=1S/C23H19BrN2O2S/c1-15-4-2-7-20(12-15)26-21(27)14-29-23(26)17-5-3-6-19(13-17)25-22(28)16-8-10-18(24)11-9-16/h2-13,23H,14H2,1H3,(H,25,28)/t23-/m1/s1. The van der Waals surface area contributed by atoms with Crippen LogP contribution >= 0.6 is 27.7 Å². The highest BCUT2D eigenvalue weighted by Crippen LogP contribution is 2.42. The summed E-state index contributed by atoms with van der Waals surface area (Å²) in [6.45, 7) is 2.02. The van der Waals surface area contributed by atoms with Crippen molar-refractivity contribution in [2.24, 2.45) is 0 Å². The van der Waals surface area contributed by atoms with Crippen LogP contribution in [0, 0.1) is 6.92 Å². The maximum atomic E-state index is 12.6. The summed E-state index contributed by atoms with van der Waals surface area (Å²) in [4.78, 5) is 27.0. The summed E-state index contributed by atoms with van der Waals surface area (Å²) in [6.07, 6.45) is 0. The average Bonchev–Trinajstić information content (AvgIpc) is 3.10. The van der Waals surface area contributed by atoms with E-state index in [-0.39, 0.29) is 17.2 Å². The number of amides is 2. The van der Waals surface area contributed by atoms with Gasteiger partial charge in [-0.3, -0.25) is 14.5 Å². The van der Waals surface area contributed by atoms with Crippen molar-refractivity contribution in [1.82, 2.24) is 0 Å². The van der Waals surface area contributed by atoms with Gasteiger partial charge >= 0.3 is 0 Å². The molecule has 1 N–H and O–H groups in total. The predicted molar refractivity (Wildman–Crippen MR) is 122 cm³/mol. The Labute approximate surface area is 182 Å². The summed E-state index contributed by atoms with van der Waals surface area (Å²) in [5.74, 6) is 0.365. The summed E-state index contributed by atoms with van der Waals surface area (Å²) in [5, 5.41) is 2.83. The molecule has 1 aliphatic heterocycles. The van der Waals surface area contributed by atoms with Crippen LogP contribution in [0.15, 0.2) is 77.3 Å². The highest BCUT2D eigenvalue weighted by Gasteiger charge is 2.34. The van der Waals surface area contributed by atoms with Crippen molar-refractivity contribution in [3.05, 3.63) is 94.0 Å². The summed E-state index contributed by atoms with van der Waals surface area (Å²) in [6, 6.07) is 22.9. The zero-order valence-electron chi connectivity index (χ0n) is 15.8. The van der Waals surface area contributed by atoms with Gasteiger partial charge in [0, 0.05) is 21.4 Å². The Morgan fingerprint density at radius 3 is 2.59 bits per heavy atom. The molecule has 4 rings (SSSR count). The second kappa shape index (κ2) is 8.43. The molecule has 1 fully saturated rings. The average molecular weight is 467 g/mol. The van der Waals surface area contributed by atoms with E-state index in [4.69, 9.17) is 0 Å². The molecule has 29 heavy (non-hydrogen) atoms. The van der Waals surface area contributed by atoms with E-state index in [2.05, 4.69) is 21.2 Å². The van der Waals surface area contributed by atoms with Crippen molar-refractivity contribution >= 4 is 50.9 Å². The molecule has 3 aromatic carbocycles. The third-order valence-corrected chi connectivity index (χ3v) is 6.42. The highest BCUT2D eigenvalue weighted by atomic mass is 79.9. The zero-order chi connectivity index (χ0) is 20.4. The molecule has 1 heterocycles. The Balaban J connectivity index is 1.58. The van der Waals surface area contributed by atoms with Gasteiger partial charge < -0.3 is 5.32 Å². The lowest BCUT2D eigenvalue weighted by Crippen LogP contribution is -2.27. The minimum Gasteiger partial charge on any atom is -0.322 e. The Kier molecular flexibility index (Phi) is 5.74. The molecule has 1 aliphatic rings. The van der Waals surface area contributed by atoms with Gasteiger partial charge in [-0.05, 0) is 66.6 Å². The van der Waals surface area contributed by atoms with Crippen LogP contribution in [-0.2, 0) is 4.79 Å². The number of anilines is 2. The first-order valence-electron chi connectivity index (χ1n) is 9.18. The number of carbonyl (C=O) groups excluding carboxylic acids is 2. The fraction of sp³-hybridized carbons (Fsp3) is 0.130. The van der Waals surface area contributed by atoms with Crippen molar-refractivity contribution < 1.29 is 9.59 Å². The van der Waals surface area contributed by atoms with Gasteiger partial charge in [0.2, 0.25) is 5.91 Å². The molecule has 2 amide bonds. The van der Waals surface area contributed by atoms with Crippen molar-refractivity contribution in [1.29, 1.82) is 0 Å². The molecule has 146 valence electrons. The van der Waals surface area contributed by atoms with E-state index in [9.17, 15) is 9.59 Å². The normalized spacial score (nSPS) is 16.1.